The molecule has 0 unspecified atom stereocenters. The molecule has 1 aliphatic heterocycles. The van der Waals surface area contributed by atoms with Gasteiger partial charge in [0, 0.05) is 31.9 Å². The first-order chi connectivity index (χ1) is 8.66. The number of amides is 1. The van der Waals surface area contributed by atoms with Gasteiger partial charge < -0.3 is 10.2 Å². The van der Waals surface area contributed by atoms with Crippen LogP contribution in [0.25, 0.3) is 0 Å². The highest BCUT2D eigenvalue weighted by Gasteiger charge is 2.16. The molecule has 0 bridgehead atoms. The van der Waals surface area contributed by atoms with Crippen molar-refractivity contribution in [3.05, 3.63) is 34.9 Å². The molecular formula is C14H20N2OS. The lowest BCUT2D eigenvalue weighted by atomic mass is 10.1. The Kier molecular flexibility index (Phi) is 4.66. The van der Waals surface area contributed by atoms with Crippen LogP contribution in [0.5, 0.6) is 0 Å². The molecule has 1 N–H and O–H groups in total. The molecule has 98 valence electrons. The Labute approximate surface area is 113 Å². The Morgan fingerprint density at radius 1 is 1.33 bits per heavy atom. The van der Waals surface area contributed by atoms with Gasteiger partial charge in [-0.3, -0.25) is 4.79 Å². The zero-order chi connectivity index (χ0) is 13.0. The summed E-state index contributed by atoms with van der Waals surface area (Å²) in [4.78, 5) is 13.9. The van der Waals surface area contributed by atoms with E-state index in [0.29, 0.717) is 0 Å². The molecule has 0 radical (unpaired) electrons. The number of hydrogen-bond acceptors (Lipinski definition) is 3. The summed E-state index contributed by atoms with van der Waals surface area (Å²) in [5.74, 6) is 0.773. The summed E-state index contributed by atoms with van der Waals surface area (Å²) in [6, 6.07) is 6.41. The van der Waals surface area contributed by atoms with Crippen LogP contribution in [0.2, 0.25) is 0 Å². The highest BCUT2D eigenvalue weighted by molar-refractivity contribution is 8.12. The van der Waals surface area contributed by atoms with Crippen molar-refractivity contribution in [2.75, 3.05) is 26.2 Å². The van der Waals surface area contributed by atoms with Gasteiger partial charge in [0.2, 0.25) is 0 Å². The van der Waals surface area contributed by atoms with Crippen molar-refractivity contribution in [1.82, 2.24) is 10.2 Å². The molecule has 0 aliphatic carbocycles. The van der Waals surface area contributed by atoms with E-state index >= 15 is 0 Å². The quantitative estimate of drug-likeness (QED) is 0.891. The first-order valence-corrected chi connectivity index (χ1v) is 7.34. The molecule has 2 rings (SSSR count). The third-order valence-electron chi connectivity index (χ3n) is 3.22. The van der Waals surface area contributed by atoms with Crippen LogP contribution in [-0.4, -0.2) is 36.3 Å². The van der Waals surface area contributed by atoms with Gasteiger partial charge in [0.25, 0.3) is 5.24 Å². The van der Waals surface area contributed by atoms with Crippen LogP contribution in [0.1, 0.15) is 16.7 Å². The largest absolute Gasteiger partial charge is 0.331 e. The van der Waals surface area contributed by atoms with E-state index in [9.17, 15) is 4.79 Å². The van der Waals surface area contributed by atoms with E-state index in [4.69, 9.17) is 0 Å². The van der Waals surface area contributed by atoms with E-state index < -0.39 is 0 Å². The molecule has 1 amide bonds. The maximum Gasteiger partial charge on any atom is 0.282 e. The zero-order valence-corrected chi connectivity index (χ0v) is 11.8. The van der Waals surface area contributed by atoms with Crippen molar-refractivity contribution in [3.8, 4) is 0 Å². The van der Waals surface area contributed by atoms with Gasteiger partial charge in [0.05, 0.1) is 0 Å². The number of aryl methyl sites for hydroxylation is 2. The average Bonchev–Trinajstić information content (AvgIpc) is 2.38. The topological polar surface area (TPSA) is 32.3 Å². The van der Waals surface area contributed by atoms with E-state index in [-0.39, 0.29) is 5.24 Å². The fraction of sp³-hybridized carbons (Fsp3) is 0.500. The minimum atomic E-state index is 0.205. The van der Waals surface area contributed by atoms with Crippen LogP contribution in [-0.2, 0) is 5.75 Å². The SMILES string of the molecule is Cc1ccc(CSC(=O)N2CCNCC2)c(C)c1. The first-order valence-electron chi connectivity index (χ1n) is 6.35. The normalized spacial score (nSPS) is 15.8. The van der Waals surface area contributed by atoms with Gasteiger partial charge >= 0.3 is 0 Å². The van der Waals surface area contributed by atoms with E-state index in [1.807, 2.05) is 4.90 Å². The highest BCUT2D eigenvalue weighted by Crippen LogP contribution is 2.20. The lowest BCUT2D eigenvalue weighted by Crippen LogP contribution is -2.45. The van der Waals surface area contributed by atoms with E-state index in [0.717, 1.165) is 31.9 Å². The smallest absolute Gasteiger partial charge is 0.282 e. The van der Waals surface area contributed by atoms with Gasteiger partial charge in [-0.1, -0.05) is 35.5 Å². The number of nitrogens with zero attached hydrogens (tertiary/aromatic N) is 1. The van der Waals surface area contributed by atoms with Crippen LogP contribution >= 0.6 is 11.8 Å². The molecular weight excluding hydrogens is 244 g/mol. The maximum absolute atomic E-state index is 12.0. The number of thioether (sulfide) groups is 1. The first kappa shape index (κ1) is 13.4. The van der Waals surface area contributed by atoms with Gasteiger partial charge in [-0.15, -0.1) is 0 Å². The summed E-state index contributed by atoms with van der Waals surface area (Å²) in [5, 5.41) is 3.46. The number of hydrogen-bond donors (Lipinski definition) is 1. The predicted octanol–water partition coefficient (Wildman–Crippen LogP) is 2.56. The Bertz CT molecular complexity index is 428. The molecule has 3 nitrogen and oxygen atoms in total. The standard InChI is InChI=1S/C14H20N2OS/c1-11-3-4-13(12(2)9-11)10-18-14(17)16-7-5-15-6-8-16/h3-4,9,15H,5-8,10H2,1-2H3. The van der Waals surface area contributed by atoms with Crippen LogP contribution in [0.15, 0.2) is 18.2 Å². The number of piperazine rings is 1. The van der Waals surface area contributed by atoms with Crippen molar-refractivity contribution in [3.63, 3.8) is 0 Å². The van der Waals surface area contributed by atoms with Crippen LogP contribution < -0.4 is 5.32 Å². The number of nitrogens with one attached hydrogen (secondary N) is 1. The Morgan fingerprint density at radius 2 is 2.06 bits per heavy atom. The third-order valence-corrected chi connectivity index (χ3v) is 4.18. The van der Waals surface area contributed by atoms with Crippen molar-refractivity contribution in [2.24, 2.45) is 0 Å². The second-order valence-electron chi connectivity index (χ2n) is 4.72. The highest BCUT2D eigenvalue weighted by atomic mass is 32.2. The molecule has 1 saturated heterocycles. The molecule has 0 aromatic heterocycles. The van der Waals surface area contributed by atoms with Crippen LogP contribution in [0.4, 0.5) is 4.79 Å². The summed E-state index contributed by atoms with van der Waals surface area (Å²) < 4.78 is 0. The van der Waals surface area contributed by atoms with Crippen molar-refractivity contribution < 1.29 is 4.79 Å². The Balaban J connectivity index is 1.88. The summed E-state index contributed by atoms with van der Waals surface area (Å²) >= 11 is 1.42. The molecule has 1 fully saturated rings. The number of benzene rings is 1. The van der Waals surface area contributed by atoms with Crippen LogP contribution in [0.3, 0.4) is 0 Å². The molecule has 1 aromatic rings. The van der Waals surface area contributed by atoms with Gasteiger partial charge in [-0.05, 0) is 25.0 Å². The fourth-order valence-electron chi connectivity index (χ4n) is 2.09. The molecule has 18 heavy (non-hydrogen) atoms. The summed E-state index contributed by atoms with van der Waals surface area (Å²) in [6.45, 7) is 7.69. The minimum absolute atomic E-state index is 0.205. The molecule has 4 heteroatoms. The lowest BCUT2D eigenvalue weighted by Gasteiger charge is -2.26. The Morgan fingerprint density at radius 3 is 2.72 bits per heavy atom. The van der Waals surface area contributed by atoms with E-state index in [2.05, 4.69) is 37.4 Å². The fourth-order valence-corrected chi connectivity index (χ4v) is 3.05. The van der Waals surface area contributed by atoms with E-state index in [1.54, 1.807) is 0 Å². The minimum Gasteiger partial charge on any atom is -0.331 e. The average molecular weight is 264 g/mol. The third kappa shape index (κ3) is 3.50. The molecule has 0 saturated carbocycles. The zero-order valence-electron chi connectivity index (χ0n) is 11.0. The number of carbonyl (C=O) groups excluding carboxylic acids is 1. The van der Waals surface area contributed by atoms with Crippen molar-refractivity contribution in [1.29, 1.82) is 0 Å². The molecule has 1 aromatic carbocycles. The van der Waals surface area contributed by atoms with Crippen molar-refractivity contribution >= 4 is 17.0 Å². The van der Waals surface area contributed by atoms with Gasteiger partial charge in [-0.25, -0.2) is 0 Å². The maximum atomic E-state index is 12.0. The number of carbonyl (C=O) groups is 1. The van der Waals surface area contributed by atoms with Gasteiger partial charge in [0.1, 0.15) is 0 Å². The second kappa shape index (κ2) is 6.25. The predicted molar refractivity (Wildman–Crippen MR) is 77.0 cm³/mol. The van der Waals surface area contributed by atoms with Crippen molar-refractivity contribution in [2.45, 2.75) is 19.6 Å². The van der Waals surface area contributed by atoms with Gasteiger partial charge in [0.15, 0.2) is 0 Å². The summed E-state index contributed by atoms with van der Waals surface area (Å²) in [6.07, 6.45) is 0. The summed E-state index contributed by atoms with van der Waals surface area (Å²) in [7, 11) is 0. The molecule has 1 aliphatic rings. The van der Waals surface area contributed by atoms with Gasteiger partial charge in [-0.2, -0.15) is 0 Å². The Hall–Kier alpha value is -1.00. The molecule has 1 heterocycles. The number of rotatable bonds is 2. The summed E-state index contributed by atoms with van der Waals surface area (Å²) in [5.41, 5.74) is 3.80. The molecule has 0 spiro atoms. The monoisotopic (exact) mass is 264 g/mol. The van der Waals surface area contributed by atoms with E-state index in [1.165, 1.54) is 28.5 Å². The molecule has 0 atom stereocenters. The second-order valence-corrected chi connectivity index (χ2v) is 5.65. The van der Waals surface area contributed by atoms with Crippen LogP contribution in [0, 0.1) is 13.8 Å². The lowest BCUT2D eigenvalue weighted by molar-refractivity contribution is 0.215.